The molecule has 1 amide bonds. The van der Waals surface area contributed by atoms with E-state index in [-0.39, 0.29) is 11.8 Å². The number of rotatable bonds is 11. The molecule has 0 bridgehead atoms. The van der Waals surface area contributed by atoms with Gasteiger partial charge in [-0.15, -0.1) is 0 Å². The zero-order valence-electron chi connectivity index (χ0n) is 12.3. The minimum atomic E-state index is 0.167. The SMILES string of the molecule is CCNC(=O)CCCCCCCCC(=O)C(C)C. The molecule has 0 fully saturated rings. The lowest BCUT2D eigenvalue weighted by Crippen LogP contribution is -2.21. The van der Waals surface area contributed by atoms with Gasteiger partial charge in [0, 0.05) is 25.3 Å². The van der Waals surface area contributed by atoms with E-state index in [1.54, 1.807) is 0 Å². The van der Waals surface area contributed by atoms with Crippen molar-refractivity contribution in [1.29, 1.82) is 0 Å². The number of carbonyl (C=O) groups is 2. The van der Waals surface area contributed by atoms with E-state index in [0.29, 0.717) is 12.2 Å². The minimum absolute atomic E-state index is 0.167. The van der Waals surface area contributed by atoms with Crippen LogP contribution < -0.4 is 5.32 Å². The third kappa shape index (κ3) is 10.3. The lowest BCUT2D eigenvalue weighted by Gasteiger charge is -2.04. The molecule has 18 heavy (non-hydrogen) atoms. The fourth-order valence-corrected chi connectivity index (χ4v) is 1.87. The van der Waals surface area contributed by atoms with Crippen LogP contribution >= 0.6 is 0 Å². The maximum absolute atomic E-state index is 11.4. The van der Waals surface area contributed by atoms with Crippen LogP contribution in [0.5, 0.6) is 0 Å². The van der Waals surface area contributed by atoms with Crippen LogP contribution in [0.2, 0.25) is 0 Å². The van der Waals surface area contributed by atoms with Gasteiger partial charge in [-0.1, -0.05) is 39.5 Å². The molecule has 0 aliphatic heterocycles. The highest BCUT2D eigenvalue weighted by Crippen LogP contribution is 2.10. The predicted octanol–water partition coefficient (Wildman–Crippen LogP) is 3.47. The van der Waals surface area contributed by atoms with Crippen molar-refractivity contribution in [3.05, 3.63) is 0 Å². The maximum Gasteiger partial charge on any atom is 0.219 e. The Morgan fingerprint density at radius 3 is 1.89 bits per heavy atom. The van der Waals surface area contributed by atoms with Crippen molar-refractivity contribution < 1.29 is 9.59 Å². The summed E-state index contributed by atoms with van der Waals surface area (Å²) in [5.41, 5.74) is 0. The molecular formula is C15H29NO2. The topological polar surface area (TPSA) is 46.2 Å². The first-order valence-corrected chi connectivity index (χ1v) is 7.37. The van der Waals surface area contributed by atoms with Gasteiger partial charge in [-0.05, 0) is 19.8 Å². The van der Waals surface area contributed by atoms with Crippen molar-refractivity contribution in [2.24, 2.45) is 5.92 Å². The Kier molecular flexibility index (Phi) is 10.7. The molecule has 0 spiro atoms. The molecule has 0 aromatic heterocycles. The highest BCUT2D eigenvalue weighted by Gasteiger charge is 2.05. The van der Waals surface area contributed by atoms with Crippen molar-refractivity contribution in [2.75, 3.05) is 6.54 Å². The lowest BCUT2D eigenvalue weighted by molar-refractivity contribution is -0.122. The predicted molar refractivity (Wildman–Crippen MR) is 75.5 cm³/mol. The van der Waals surface area contributed by atoms with Crippen LogP contribution in [0.1, 0.15) is 72.1 Å². The van der Waals surface area contributed by atoms with Gasteiger partial charge in [0.25, 0.3) is 0 Å². The molecule has 0 radical (unpaired) electrons. The third-order valence-electron chi connectivity index (χ3n) is 3.09. The fourth-order valence-electron chi connectivity index (χ4n) is 1.87. The number of amides is 1. The summed E-state index contributed by atoms with van der Waals surface area (Å²) in [6.07, 6.45) is 8.01. The Morgan fingerprint density at radius 2 is 1.39 bits per heavy atom. The average molecular weight is 255 g/mol. The Bertz CT molecular complexity index is 237. The van der Waals surface area contributed by atoms with Gasteiger partial charge >= 0.3 is 0 Å². The van der Waals surface area contributed by atoms with Crippen LogP contribution in [0.15, 0.2) is 0 Å². The molecular weight excluding hydrogens is 226 g/mol. The summed E-state index contributed by atoms with van der Waals surface area (Å²) < 4.78 is 0. The molecule has 0 rings (SSSR count). The van der Waals surface area contributed by atoms with Gasteiger partial charge < -0.3 is 5.32 Å². The van der Waals surface area contributed by atoms with Crippen molar-refractivity contribution in [3.8, 4) is 0 Å². The number of unbranched alkanes of at least 4 members (excludes halogenated alkanes) is 5. The van der Waals surface area contributed by atoms with Crippen molar-refractivity contribution >= 4 is 11.7 Å². The Balaban J connectivity index is 3.21. The van der Waals surface area contributed by atoms with Crippen molar-refractivity contribution in [3.63, 3.8) is 0 Å². The third-order valence-corrected chi connectivity index (χ3v) is 3.09. The first-order chi connectivity index (χ1) is 8.57. The first kappa shape index (κ1) is 17.1. The normalized spacial score (nSPS) is 10.7. The Hall–Kier alpha value is -0.860. The maximum atomic E-state index is 11.4. The largest absolute Gasteiger partial charge is 0.356 e. The monoisotopic (exact) mass is 255 g/mol. The zero-order valence-corrected chi connectivity index (χ0v) is 12.3. The van der Waals surface area contributed by atoms with Crippen LogP contribution in [0.25, 0.3) is 0 Å². The van der Waals surface area contributed by atoms with Crippen LogP contribution in [0, 0.1) is 5.92 Å². The number of Topliss-reactive ketones (excluding diaryl/α,β-unsaturated/α-hetero) is 1. The summed E-state index contributed by atoms with van der Waals surface area (Å²) in [4.78, 5) is 22.5. The van der Waals surface area contributed by atoms with E-state index < -0.39 is 0 Å². The molecule has 106 valence electrons. The standard InChI is InChI=1S/C15H29NO2/c1-4-16-15(18)12-10-8-6-5-7-9-11-14(17)13(2)3/h13H,4-12H2,1-3H3,(H,16,18). The summed E-state index contributed by atoms with van der Waals surface area (Å²) in [6.45, 7) is 6.59. The molecule has 0 atom stereocenters. The summed E-state index contributed by atoms with van der Waals surface area (Å²) in [7, 11) is 0. The van der Waals surface area contributed by atoms with E-state index in [9.17, 15) is 9.59 Å². The summed E-state index contributed by atoms with van der Waals surface area (Å²) >= 11 is 0. The van der Waals surface area contributed by atoms with Crippen LogP contribution in [-0.4, -0.2) is 18.2 Å². The van der Waals surface area contributed by atoms with Gasteiger partial charge in [0.1, 0.15) is 5.78 Å². The summed E-state index contributed by atoms with van der Waals surface area (Å²) in [5, 5.41) is 2.80. The van der Waals surface area contributed by atoms with Gasteiger partial charge in [0.15, 0.2) is 0 Å². The van der Waals surface area contributed by atoms with Gasteiger partial charge in [0.05, 0.1) is 0 Å². The smallest absolute Gasteiger partial charge is 0.219 e. The average Bonchev–Trinajstić information content (AvgIpc) is 2.32. The van der Waals surface area contributed by atoms with E-state index >= 15 is 0 Å². The van der Waals surface area contributed by atoms with Gasteiger partial charge in [-0.3, -0.25) is 9.59 Å². The molecule has 1 N–H and O–H groups in total. The second-order valence-corrected chi connectivity index (χ2v) is 5.20. The molecule has 0 aromatic rings. The van der Waals surface area contributed by atoms with Crippen LogP contribution in [0.4, 0.5) is 0 Å². The van der Waals surface area contributed by atoms with E-state index in [4.69, 9.17) is 0 Å². The van der Waals surface area contributed by atoms with Crippen molar-refractivity contribution in [2.45, 2.75) is 72.1 Å². The highest BCUT2D eigenvalue weighted by molar-refractivity contribution is 5.80. The number of ketones is 1. The summed E-state index contributed by atoms with van der Waals surface area (Å²) in [5.74, 6) is 0.730. The number of carbonyl (C=O) groups excluding carboxylic acids is 2. The Morgan fingerprint density at radius 1 is 0.889 bits per heavy atom. The number of nitrogens with one attached hydrogen (secondary N) is 1. The second-order valence-electron chi connectivity index (χ2n) is 5.20. The van der Waals surface area contributed by atoms with Gasteiger partial charge in [0.2, 0.25) is 5.91 Å². The van der Waals surface area contributed by atoms with E-state index in [2.05, 4.69) is 5.32 Å². The van der Waals surface area contributed by atoms with E-state index in [1.807, 2.05) is 20.8 Å². The number of hydrogen-bond acceptors (Lipinski definition) is 2. The van der Waals surface area contributed by atoms with Crippen LogP contribution in [-0.2, 0) is 9.59 Å². The first-order valence-electron chi connectivity index (χ1n) is 7.37. The molecule has 0 unspecified atom stereocenters. The van der Waals surface area contributed by atoms with Gasteiger partial charge in [-0.25, -0.2) is 0 Å². The molecule has 0 saturated heterocycles. The Labute approximate surface area is 112 Å². The molecule has 0 aliphatic carbocycles. The molecule has 0 saturated carbocycles. The highest BCUT2D eigenvalue weighted by atomic mass is 16.1. The molecule has 0 heterocycles. The molecule has 0 aliphatic rings. The minimum Gasteiger partial charge on any atom is -0.356 e. The second kappa shape index (κ2) is 11.2. The van der Waals surface area contributed by atoms with Crippen LogP contribution in [0.3, 0.4) is 0 Å². The molecule has 0 aromatic carbocycles. The molecule has 3 nitrogen and oxygen atoms in total. The van der Waals surface area contributed by atoms with E-state index in [1.165, 1.54) is 12.8 Å². The van der Waals surface area contributed by atoms with Gasteiger partial charge in [-0.2, -0.15) is 0 Å². The fraction of sp³-hybridized carbons (Fsp3) is 0.867. The quantitative estimate of drug-likeness (QED) is 0.575. The van der Waals surface area contributed by atoms with Crippen molar-refractivity contribution in [1.82, 2.24) is 5.32 Å². The number of hydrogen-bond donors (Lipinski definition) is 1. The molecule has 3 heteroatoms. The van der Waals surface area contributed by atoms with E-state index in [0.717, 1.165) is 38.6 Å². The zero-order chi connectivity index (χ0) is 13.8. The summed E-state index contributed by atoms with van der Waals surface area (Å²) in [6, 6.07) is 0. The lowest BCUT2D eigenvalue weighted by atomic mass is 10.0.